The van der Waals surface area contributed by atoms with Gasteiger partial charge in [-0.05, 0) is 70.5 Å². The maximum absolute atomic E-state index is 10.8. The van der Waals surface area contributed by atoms with Crippen molar-refractivity contribution in [3.05, 3.63) is 106 Å². The number of aliphatic carboxylic acids is 1. The Balaban J connectivity index is 1.92. The number of carboxylic acids is 1. The molecule has 1 N–H and O–H groups in total. The molecule has 0 spiro atoms. The van der Waals surface area contributed by atoms with Crippen LogP contribution < -0.4 is 0 Å². The lowest BCUT2D eigenvalue weighted by molar-refractivity contribution is -0.131. The molecular formula is C27H23NO2S. The van der Waals surface area contributed by atoms with Gasteiger partial charge >= 0.3 is 5.97 Å². The van der Waals surface area contributed by atoms with Gasteiger partial charge in [-0.15, -0.1) is 11.3 Å². The highest BCUT2D eigenvalue weighted by molar-refractivity contribution is 7.16. The van der Waals surface area contributed by atoms with Gasteiger partial charge in [0, 0.05) is 6.08 Å². The van der Waals surface area contributed by atoms with Crippen molar-refractivity contribution in [2.45, 2.75) is 20.3 Å². The Morgan fingerprint density at radius 1 is 1.03 bits per heavy atom. The Bertz CT molecular complexity index is 1300. The van der Waals surface area contributed by atoms with Crippen LogP contribution in [0.1, 0.15) is 41.2 Å². The number of allylic oxidation sites excluding steroid dienone is 1. The second-order valence-corrected chi connectivity index (χ2v) is 8.24. The molecule has 0 atom stereocenters. The fourth-order valence-corrected chi connectivity index (χ4v) is 4.53. The number of rotatable bonds is 6. The second-order valence-electron chi connectivity index (χ2n) is 7.35. The Labute approximate surface area is 186 Å². The fourth-order valence-electron chi connectivity index (χ4n) is 3.87. The lowest BCUT2D eigenvalue weighted by atomic mass is 9.86. The van der Waals surface area contributed by atoms with Crippen LogP contribution in [0.5, 0.6) is 0 Å². The highest BCUT2D eigenvalue weighted by atomic mass is 32.1. The minimum absolute atomic E-state index is 0.856. The van der Waals surface area contributed by atoms with E-state index in [1.54, 1.807) is 17.4 Å². The van der Waals surface area contributed by atoms with Gasteiger partial charge in [-0.25, -0.2) is 9.78 Å². The van der Waals surface area contributed by atoms with Crippen LogP contribution in [0.3, 0.4) is 0 Å². The predicted molar refractivity (Wildman–Crippen MR) is 130 cm³/mol. The summed E-state index contributed by atoms with van der Waals surface area (Å²) in [6, 6.07) is 23.0. The summed E-state index contributed by atoms with van der Waals surface area (Å²) in [5, 5.41) is 8.89. The molecule has 0 bridgehead atoms. The van der Waals surface area contributed by atoms with Crippen LogP contribution >= 0.6 is 11.3 Å². The third-order valence-corrected chi connectivity index (χ3v) is 6.17. The summed E-state index contributed by atoms with van der Waals surface area (Å²) in [6.45, 7) is 4.33. The third-order valence-electron chi connectivity index (χ3n) is 5.36. The minimum atomic E-state index is -0.950. The van der Waals surface area contributed by atoms with Crippen molar-refractivity contribution < 1.29 is 9.90 Å². The normalized spacial score (nSPS) is 12.3. The van der Waals surface area contributed by atoms with Crippen molar-refractivity contribution in [2.24, 2.45) is 0 Å². The molecule has 4 rings (SSSR count). The Kier molecular flexibility index (Phi) is 6.10. The van der Waals surface area contributed by atoms with Gasteiger partial charge in [0.2, 0.25) is 0 Å². The molecule has 0 unspecified atom stereocenters. The van der Waals surface area contributed by atoms with Gasteiger partial charge < -0.3 is 5.11 Å². The van der Waals surface area contributed by atoms with Gasteiger partial charge in [0.15, 0.2) is 0 Å². The number of aryl methyl sites for hydroxylation is 1. The number of aromatic nitrogens is 1. The largest absolute Gasteiger partial charge is 0.478 e. The molecule has 0 fully saturated rings. The molecular weight excluding hydrogens is 402 g/mol. The van der Waals surface area contributed by atoms with E-state index in [1.807, 2.05) is 17.6 Å². The summed E-state index contributed by atoms with van der Waals surface area (Å²) in [5.41, 5.74) is 10.9. The molecule has 0 saturated carbocycles. The number of hydrogen-bond donors (Lipinski definition) is 1. The number of hydrogen-bond acceptors (Lipinski definition) is 3. The molecule has 0 radical (unpaired) electrons. The van der Waals surface area contributed by atoms with E-state index in [9.17, 15) is 4.79 Å². The number of carbonyl (C=O) groups is 1. The molecule has 154 valence electrons. The monoisotopic (exact) mass is 425 g/mol. The second kappa shape index (κ2) is 9.11. The first-order valence-corrected chi connectivity index (χ1v) is 11.1. The van der Waals surface area contributed by atoms with Crippen molar-refractivity contribution in [1.29, 1.82) is 0 Å². The van der Waals surface area contributed by atoms with Crippen LogP contribution in [0.15, 0.2) is 78.3 Å². The van der Waals surface area contributed by atoms with E-state index in [0.717, 1.165) is 34.7 Å². The van der Waals surface area contributed by atoms with Crippen LogP contribution in [0.2, 0.25) is 0 Å². The van der Waals surface area contributed by atoms with Gasteiger partial charge in [0.25, 0.3) is 0 Å². The van der Waals surface area contributed by atoms with Crippen molar-refractivity contribution in [1.82, 2.24) is 4.98 Å². The molecule has 0 saturated heterocycles. The number of thiazole rings is 1. The third kappa shape index (κ3) is 4.49. The summed E-state index contributed by atoms with van der Waals surface area (Å²) in [6.07, 6.45) is 3.65. The zero-order chi connectivity index (χ0) is 21.8. The van der Waals surface area contributed by atoms with Crippen molar-refractivity contribution in [3.63, 3.8) is 0 Å². The molecule has 1 heterocycles. The van der Waals surface area contributed by atoms with Gasteiger partial charge in [-0.2, -0.15) is 0 Å². The summed E-state index contributed by atoms with van der Waals surface area (Å²) < 4.78 is 1.17. The molecule has 4 heteroatoms. The van der Waals surface area contributed by atoms with E-state index < -0.39 is 5.97 Å². The number of carboxylic acid groups (broad SMARTS) is 1. The van der Waals surface area contributed by atoms with Crippen molar-refractivity contribution in [2.75, 3.05) is 0 Å². The standard InChI is InChI=1S/C27H23NO2S/c1-3-22(23-7-5-4-6-18(23)2)27(21-13-14-25-24(16-21)28-17-31-25)20-11-8-19(9-12-20)10-15-26(29)30/h4-17H,3H2,1-2H3,(H,29,30). The molecule has 0 aliphatic rings. The minimum Gasteiger partial charge on any atom is -0.478 e. The molecule has 4 aromatic rings. The van der Waals surface area contributed by atoms with Gasteiger partial charge in [0.05, 0.1) is 15.7 Å². The van der Waals surface area contributed by atoms with E-state index in [1.165, 1.54) is 27.0 Å². The average molecular weight is 426 g/mol. The maximum atomic E-state index is 10.8. The first kappa shape index (κ1) is 20.8. The zero-order valence-electron chi connectivity index (χ0n) is 17.5. The van der Waals surface area contributed by atoms with Crippen molar-refractivity contribution in [3.8, 4) is 0 Å². The maximum Gasteiger partial charge on any atom is 0.328 e. The Morgan fingerprint density at radius 3 is 2.48 bits per heavy atom. The van der Waals surface area contributed by atoms with E-state index in [0.29, 0.717) is 0 Å². The van der Waals surface area contributed by atoms with Gasteiger partial charge in [-0.1, -0.05) is 61.5 Å². The molecule has 3 nitrogen and oxygen atoms in total. The SMILES string of the molecule is CCC(=C(c1ccc(C=CC(=O)O)cc1)c1ccc2scnc2c1)c1ccccc1C. The van der Waals surface area contributed by atoms with E-state index in [4.69, 9.17) is 5.11 Å². The van der Waals surface area contributed by atoms with Crippen LogP contribution in [0.4, 0.5) is 0 Å². The molecule has 1 aromatic heterocycles. The van der Waals surface area contributed by atoms with E-state index in [-0.39, 0.29) is 0 Å². The van der Waals surface area contributed by atoms with Crippen LogP contribution in [0, 0.1) is 6.92 Å². The first-order chi connectivity index (χ1) is 15.1. The van der Waals surface area contributed by atoms with Gasteiger partial charge in [0.1, 0.15) is 0 Å². The smallest absolute Gasteiger partial charge is 0.328 e. The van der Waals surface area contributed by atoms with E-state index >= 15 is 0 Å². The van der Waals surface area contributed by atoms with Crippen LogP contribution in [-0.2, 0) is 4.79 Å². The van der Waals surface area contributed by atoms with Gasteiger partial charge in [-0.3, -0.25) is 0 Å². The summed E-state index contributed by atoms with van der Waals surface area (Å²) in [4.78, 5) is 15.4. The number of nitrogens with zero attached hydrogens (tertiary/aromatic N) is 1. The molecule has 0 aliphatic heterocycles. The van der Waals surface area contributed by atoms with E-state index in [2.05, 4.69) is 73.4 Å². The Hall–Kier alpha value is -3.50. The van der Waals surface area contributed by atoms with Crippen LogP contribution in [0.25, 0.3) is 27.4 Å². The average Bonchev–Trinajstić information content (AvgIpc) is 3.25. The quantitative estimate of drug-likeness (QED) is 0.265. The highest BCUT2D eigenvalue weighted by Crippen LogP contribution is 2.37. The number of benzene rings is 3. The summed E-state index contributed by atoms with van der Waals surface area (Å²) >= 11 is 1.64. The highest BCUT2D eigenvalue weighted by Gasteiger charge is 2.15. The molecule has 31 heavy (non-hydrogen) atoms. The fraction of sp³-hybridized carbons (Fsp3) is 0.111. The molecule has 0 amide bonds. The zero-order valence-corrected chi connectivity index (χ0v) is 18.3. The van der Waals surface area contributed by atoms with Crippen LogP contribution in [-0.4, -0.2) is 16.1 Å². The predicted octanol–water partition coefficient (Wildman–Crippen LogP) is 7.07. The lowest BCUT2D eigenvalue weighted by Crippen LogP contribution is -1.97. The molecule has 0 aliphatic carbocycles. The number of fused-ring (bicyclic) bond motifs is 1. The Morgan fingerprint density at radius 2 is 1.77 bits per heavy atom. The molecule has 3 aromatic carbocycles. The summed E-state index contributed by atoms with van der Waals surface area (Å²) in [7, 11) is 0. The first-order valence-electron chi connectivity index (χ1n) is 10.2. The topological polar surface area (TPSA) is 50.2 Å². The lowest BCUT2D eigenvalue weighted by Gasteiger charge is -2.18. The van der Waals surface area contributed by atoms with Crippen molar-refractivity contribution >= 4 is 44.7 Å². The summed E-state index contributed by atoms with van der Waals surface area (Å²) in [5.74, 6) is -0.950.